The van der Waals surface area contributed by atoms with Crippen LogP contribution in [0, 0.1) is 17.3 Å². The zero-order valence-corrected chi connectivity index (χ0v) is 9.55. The van der Waals surface area contributed by atoms with E-state index in [0.29, 0.717) is 22.9 Å². The van der Waals surface area contributed by atoms with Gasteiger partial charge in [-0.05, 0) is 24.5 Å². The normalized spacial score (nSPS) is 12.9. The SMILES string of the molecule is CC(C)CC(N=N)c1ccc(Cl)cc1F. The van der Waals surface area contributed by atoms with E-state index < -0.39 is 6.04 Å². The highest BCUT2D eigenvalue weighted by Crippen LogP contribution is 2.28. The molecule has 0 aromatic heterocycles. The van der Waals surface area contributed by atoms with Crippen LogP contribution < -0.4 is 0 Å². The maximum Gasteiger partial charge on any atom is 0.130 e. The molecule has 1 aromatic rings. The minimum absolute atomic E-state index is 0.365. The molecular weight excluding hydrogens is 215 g/mol. The fourth-order valence-corrected chi connectivity index (χ4v) is 1.63. The molecular formula is C11H14ClFN2. The van der Waals surface area contributed by atoms with Crippen molar-refractivity contribution in [3.63, 3.8) is 0 Å². The van der Waals surface area contributed by atoms with Gasteiger partial charge in [0, 0.05) is 10.6 Å². The van der Waals surface area contributed by atoms with E-state index in [2.05, 4.69) is 5.11 Å². The first kappa shape index (κ1) is 12.1. The molecule has 1 N–H and O–H groups in total. The molecule has 0 saturated heterocycles. The smallest absolute Gasteiger partial charge is 0.130 e. The lowest BCUT2D eigenvalue weighted by atomic mass is 9.97. The molecule has 0 spiro atoms. The van der Waals surface area contributed by atoms with Gasteiger partial charge in [0.25, 0.3) is 0 Å². The summed E-state index contributed by atoms with van der Waals surface area (Å²) in [6.07, 6.45) is 0.669. The Morgan fingerprint density at radius 3 is 2.60 bits per heavy atom. The van der Waals surface area contributed by atoms with Gasteiger partial charge in [-0.3, -0.25) is 0 Å². The molecule has 1 atom stereocenters. The Morgan fingerprint density at radius 2 is 2.13 bits per heavy atom. The molecule has 2 nitrogen and oxygen atoms in total. The number of hydrogen-bond donors (Lipinski definition) is 1. The Balaban J connectivity index is 2.96. The third-order valence-electron chi connectivity index (χ3n) is 2.17. The van der Waals surface area contributed by atoms with Crippen LogP contribution in [0.3, 0.4) is 0 Å². The maximum absolute atomic E-state index is 13.5. The fourth-order valence-electron chi connectivity index (χ4n) is 1.47. The maximum atomic E-state index is 13.5. The Morgan fingerprint density at radius 1 is 1.47 bits per heavy atom. The van der Waals surface area contributed by atoms with Crippen LogP contribution in [0.4, 0.5) is 4.39 Å². The number of hydrogen-bond acceptors (Lipinski definition) is 2. The summed E-state index contributed by atoms with van der Waals surface area (Å²) < 4.78 is 13.5. The predicted molar refractivity (Wildman–Crippen MR) is 58.8 cm³/mol. The summed E-state index contributed by atoms with van der Waals surface area (Å²) in [4.78, 5) is 0. The standard InChI is InChI=1S/C11H14ClFN2/c1-7(2)5-11(15-14)9-4-3-8(12)6-10(9)13/h3-4,6-7,11,14H,5H2,1-2H3. The van der Waals surface area contributed by atoms with Crippen molar-refractivity contribution < 1.29 is 4.39 Å². The van der Waals surface area contributed by atoms with Gasteiger partial charge in [0.15, 0.2) is 0 Å². The minimum atomic E-state index is -0.401. The number of nitrogens with one attached hydrogen (secondary N) is 1. The van der Waals surface area contributed by atoms with Crippen LogP contribution in [-0.4, -0.2) is 0 Å². The molecule has 0 amide bonds. The van der Waals surface area contributed by atoms with Crippen molar-refractivity contribution in [2.45, 2.75) is 26.3 Å². The highest BCUT2D eigenvalue weighted by molar-refractivity contribution is 6.30. The van der Waals surface area contributed by atoms with Crippen LogP contribution in [0.2, 0.25) is 5.02 Å². The van der Waals surface area contributed by atoms with Crippen molar-refractivity contribution >= 4 is 11.6 Å². The Bertz CT molecular complexity index is 352. The number of rotatable bonds is 4. The van der Waals surface area contributed by atoms with Gasteiger partial charge in [-0.25, -0.2) is 9.92 Å². The molecule has 0 radical (unpaired) electrons. The van der Waals surface area contributed by atoms with E-state index in [1.807, 2.05) is 13.8 Å². The zero-order valence-electron chi connectivity index (χ0n) is 8.80. The van der Waals surface area contributed by atoms with Crippen molar-refractivity contribution in [3.8, 4) is 0 Å². The van der Waals surface area contributed by atoms with E-state index >= 15 is 0 Å². The van der Waals surface area contributed by atoms with E-state index in [-0.39, 0.29) is 5.82 Å². The van der Waals surface area contributed by atoms with Crippen LogP contribution in [0.15, 0.2) is 23.3 Å². The van der Waals surface area contributed by atoms with Gasteiger partial charge in [-0.15, -0.1) is 0 Å². The van der Waals surface area contributed by atoms with Gasteiger partial charge in [-0.2, -0.15) is 5.11 Å². The van der Waals surface area contributed by atoms with Crippen molar-refractivity contribution in [3.05, 3.63) is 34.6 Å². The monoisotopic (exact) mass is 228 g/mol. The summed E-state index contributed by atoms with van der Waals surface area (Å²) in [6, 6.07) is 4.08. The first-order valence-corrected chi connectivity index (χ1v) is 5.24. The van der Waals surface area contributed by atoms with Crippen molar-refractivity contribution in [1.29, 1.82) is 5.53 Å². The molecule has 1 rings (SSSR count). The summed E-state index contributed by atoms with van der Waals surface area (Å²) in [5.41, 5.74) is 7.51. The summed E-state index contributed by atoms with van der Waals surface area (Å²) >= 11 is 5.65. The molecule has 0 fully saturated rings. The molecule has 15 heavy (non-hydrogen) atoms. The van der Waals surface area contributed by atoms with Crippen LogP contribution in [0.5, 0.6) is 0 Å². The highest BCUT2D eigenvalue weighted by Gasteiger charge is 2.16. The summed E-state index contributed by atoms with van der Waals surface area (Å²) in [7, 11) is 0. The summed E-state index contributed by atoms with van der Waals surface area (Å²) in [5.74, 6) is -0.0108. The number of halogens is 2. The second-order valence-corrected chi connectivity index (χ2v) is 4.38. The molecule has 1 unspecified atom stereocenters. The lowest BCUT2D eigenvalue weighted by molar-refractivity contribution is 0.473. The molecule has 0 aliphatic carbocycles. The predicted octanol–water partition coefficient (Wildman–Crippen LogP) is 4.60. The first-order chi connectivity index (χ1) is 7.04. The van der Waals surface area contributed by atoms with E-state index in [4.69, 9.17) is 17.1 Å². The van der Waals surface area contributed by atoms with Gasteiger partial charge in [0.2, 0.25) is 0 Å². The molecule has 0 aliphatic rings. The van der Waals surface area contributed by atoms with Gasteiger partial charge in [-0.1, -0.05) is 31.5 Å². The van der Waals surface area contributed by atoms with E-state index in [0.717, 1.165) is 0 Å². The second kappa shape index (κ2) is 5.21. The Kier molecular flexibility index (Phi) is 4.21. The van der Waals surface area contributed by atoms with E-state index in [9.17, 15) is 4.39 Å². The quantitative estimate of drug-likeness (QED) is 0.732. The van der Waals surface area contributed by atoms with Gasteiger partial charge >= 0.3 is 0 Å². The van der Waals surface area contributed by atoms with Crippen molar-refractivity contribution in [2.24, 2.45) is 11.0 Å². The third kappa shape index (κ3) is 3.27. The molecule has 0 saturated carbocycles. The van der Waals surface area contributed by atoms with Crippen LogP contribution >= 0.6 is 11.6 Å². The third-order valence-corrected chi connectivity index (χ3v) is 2.41. The number of nitrogens with zero attached hydrogens (tertiary/aromatic N) is 1. The van der Waals surface area contributed by atoms with E-state index in [1.54, 1.807) is 12.1 Å². The largest absolute Gasteiger partial charge is 0.209 e. The Labute approximate surface area is 94.0 Å². The second-order valence-electron chi connectivity index (χ2n) is 3.94. The molecule has 82 valence electrons. The average Bonchev–Trinajstić information content (AvgIpc) is 2.14. The van der Waals surface area contributed by atoms with Gasteiger partial charge in [0.05, 0.1) is 6.04 Å². The fraction of sp³-hybridized carbons (Fsp3) is 0.455. The first-order valence-electron chi connectivity index (χ1n) is 4.86. The van der Waals surface area contributed by atoms with Gasteiger partial charge < -0.3 is 0 Å². The zero-order chi connectivity index (χ0) is 11.4. The lowest BCUT2D eigenvalue weighted by Crippen LogP contribution is -2.02. The number of benzene rings is 1. The van der Waals surface area contributed by atoms with Gasteiger partial charge in [0.1, 0.15) is 5.82 Å². The minimum Gasteiger partial charge on any atom is -0.209 e. The van der Waals surface area contributed by atoms with Crippen molar-refractivity contribution in [1.82, 2.24) is 0 Å². The van der Waals surface area contributed by atoms with E-state index in [1.165, 1.54) is 6.07 Å². The highest BCUT2D eigenvalue weighted by atomic mass is 35.5. The summed E-state index contributed by atoms with van der Waals surface area (Å²) in [6.45, 7) is 4.04. The summed E-state index contributed by atoms with van der Waals surface area (Å²) in [5, 5.41) is 3.82. The molecule has 0 aliphatic heterocycles. The molecule has 0 bridgehead atoms. The molecule has 1 aromatic carbocycles. The van der Waals surface area contributed by atoms with Crippen LogP contribution in [0.1, 0.15) is 31.9 Å². The topological polar surface area (TPSA) is 36.2 Å². The van der Waals surface area contributed by atoms with Crippen molar-refractivity contribution in [2.75, 3.05) is 0 Å². The average molecular weight is 229 g/mol. The lowest BCUT2D eigenvalue weighted by Gasteiger charge is -2.14. The molecule has 0 heterocycles. The van der Waals surface area contributed by atoms with Crippen LogP contribution in [-0.2, 0) is 0 Å². The molecule has 4 heteroatoms. The Hall–Kier alpha value is -0.960. The van der Waals surface area contributed by atoms with Crippen LogP contribution in [0.25, 0.3) is 0 Å².